The molecule has 1 amide bonds. The number of likely N-dealkylation sites (tertiary alicyclic amines) is 1. The fourth-order valence-electron chi connectivity index (χ4n) is 1.59. The van der Waals surface area contributed by atoms with Gasteiger partial charge in [-0.2, -0.15) is 0 Å². The molecule has 1 heterocycles. The van der Waals surface area contributed by atoms with E-state index in [1.54, 1.807) is 4.90 Å². The molecule has 1 saturated heterocycles. The number of halogens is 1. The van der Waals surface area contributed by atoms with Gasteiger partial charge in [-0.05, 0) is 13.5 Å². The average Bonchev–Trinajstić information content (AvgIpc) is 2.31. The van der Waals surface area contributed by atoms with Gasteiger partial charge in [0.2, 0.25) is 5.91 Å². The third-order valence-electron chi connectivity index (χ3n) is 2.35. The number of likely N-dealkylation sites (N-methyl/N-ethyl adjacent to an activating group) is 2. The maximum Gasteiger partial charge on any atom is 0.239 e. The summed E-state index contributed by atoms with van der Waals surface area (Å²) in [6.45, 7) is 5.02. The first-order valence-corrected chi connectivity index (χ1v) is 4.68. The average molecular weight is 203 g/mol. The van der Waals surface area contributed by atoms with Crippen LogP contribution in [0.15, 0.2) is 11.6 Å². The summed E-state index contributed by atoms with van der Waals surface area (Å²) in [5, 5.41) is 0.574. The van der Waals surface area contributed by atoms with Crippen LogP contribution in [0.25, 0.3) is 0 Å². The van der Waals surface area contributed by atoms with E-state index in [9.17, 15) is 4.79 Å². The third kappa shape index (κ3) is 2.45. The lowest BCUT2D eigenvalue weighted by atomic mass is 10.2. The molecule has 3 nitrogen and oxygen atoms in total. The van der Waals surface area contributed by atoms with Crippen molar-refractivity contribution in [1.29, 1.82) is 0 Å². The molecule has 1 atom stereocenters. The van der Waals surface area contributed by atoms with E-state index in [1.165, 1.54) is 0 Å². The molecule has 1 aliphatic heterocycles. The summed E-state index contributed by atoms with van der Waals surface area (Å²) in [5.41, 5.74) is 0. The van der Waals surface area contributed by atoms with E-state index in [0.717, 1.165) is 13.0 Å². The predicted octanol–water partition coefficient (Wildman–Crippen LogP) is 0.901. The Morgan fingerprint density at radius 1 is 1.85 bits per heavy atom. The van der Waals surface area contributed by atoms with Gasteiger partial charge in [-0.3, -0.25) is 9.69 Å². The van der Waals surface area contributed by atoms with E-state index in [2.05, 4.69) is 6.58 Å². The van der Waals surface area contributed by atoms with E-state index in [-0.39, 0.29) is 11.9 Å². The van der Waals surface area contributed by atoms with Gasteiger partial charge in [-0.15, -0.1) is 0 Å². The first-order valence-electron chi connectivity index (χ1n) is 4.31. The Morgan fingerprint density at radius 3 is 2.85 bits per heavy atom. The van der Waals surface area contributed by atoms with Crippen molar-refractivity contribution in [2.45, 2.75) is 12.5 Å². The topological polar surface area (TPSA) is 23.6 Å². The maximum atomic E-state index is 11.5. The largest absolute Gasteiger partial charge is 0.344 e. The summed E-state index contributed by atoms with van der Waals surface area (Å²) in [5.74, 6) is 0.181. The lowest BCUT2D eigenvalue weighted by Gasteiger charge is -2.21. The molecule has 0 aliphatic carbocycles. The third-order valence-corrected chi connectivity index (χ3v) is 2.47. The van der Waals surface area contributed by atoms with Gasteiger partial charge in [-0.25, -0.2) is 0 Å². The molecule has 0 aromatic rings. The number of amides is 1. The van der Waals surface area contributed by atoms with Crippen LogP contribution >= 0.6 is 11.6 Å². The van der Waals surface area contributed by atoms with E-state index in [4.69, 9.17) is 11.6 Å². The zero-order chi connectivity index (χ0) is 10.0. The lowest BCUT2D eigenvalue weighted by molar-refractivity contribution is -0.130. The molecule has 0 saturated carbocycles. The monoisotopic (exact) mass is 202 g/mol. The molecule has 0 N–H and O–H groups in total. The molecule has 0 aromatic carbocycles. The number of carbonyl (C=O) groups excluding carboxylic acids is 1. The van der Waals surface area contributed by atoms with Gasteiger partial charge in [0.25, 0.3) is 0 Å². The number of hydrogen-bond donors (Lipinski definition) is 0. The van der Waals surface area contributed by atoms with Crippen LogP contribution in [0.3, 0.4) is 0 Å². The highest BCUT2D eigenvalue weighted by Gasteiger charge is 2.31. The molecule has 0 spiro atoms. The summed E-state index contributed by atoms with van der Waals surface area (Å²) in [6, 6.07) is -0.0134. The zero-order valence-corrected chi connectivity index (χ0v) is 8.84. The Hall–Kier alpha value is -0.540. The number of nitrogens with zero attached hydrogens (tertiary/aromatic N) is 2. The van der Waals surface area contributed by atoms with Crippen LogP contribution in [-0.4, -0.2) is 48.9 Å². The van der Waals surface area contributed by atoms with Crippen LogP contribution in [0.5, 0.6) is 0 Å². The van der Waals surface area contributed by atoms with Crippen molar-refractivity contribution in [2.75, 3.05) is 27.2 Å². The number of hydrogen-bond acceptors (Lipinski definition) is 2. The molecular formula is C9H15ClN2O. The van der Waals surface area contributed by atoms with Crippen LogP contribution in [0.1, 0.15) is 6.42 Å². The van der Waals surface area contributed by atoms with Crippen molar-refractivity contribution >= 4 is 17.5 Å². The van der Waals surface area contributed by atoms with E-state index < -0.39 is 0 Å². The highest BCUT2D eigenvalue weighted by molar-refractivity contribution is 6.29. The van der Waals surface area contributed by atoms with Crippen molar-refractivity contribution in [3.05, 3.63) is 11.6 Å². The molecule has 0 radical (unpaired) electrons. The quantitative estimate of drug-likeness (QED) is 0.679. The highest BCUT2D eigenvalue weighted by Crippen LogP contribution is 2.15. The molecule has 74 valence electrons. The van der Waals surface area contributed by atoms with E-state index in [0.29, 0.717) is 11.6 Å². The van der Waals surface area contributed by atoms with Crippen molar-refractivity contribution in [3.63, 3.8) is 0 Å². The van der Waals surface area contributed by atoms with Crippen LogP contribution in [-0.2, 0) is 4.79 Å². The first-order chi connectivity index (χ1) is 6.02. The minimum atomic E-state index is -0.0134. The second-order valence-corrected chi connectivity index (χ2v) is 4.03. The first kappa shape index (κ1) is 10.5. The van der Waals surface area contributed by atoms with Crippen molar-refractivity contribution < 1.29 is 4.79 Å². The van der Waals surface area contributed by atoms with Crippen molar-refractivity contribution in [1.82, 2.24) is 9.80 Å². The standard InChI is InChI=1S/C9H15ClN2O/c1-7(10)6-12(3)8-4-5-11(2)9(8)13/h8H,1,4-6H2,2-3H3/t8-/m1/s1. The number of rotatable bonds is 3. The molecular weight excluding hydrogens is 188 g/mol. The summed E-state index contributed by atoms with van der Waals surface area (Å²) in [7, 11) is 3.72. The highest BCUT2D eigenvalue weighted by atomic mass is 35.5. The molecule has 0 unspecified atom stereocenters. The molecule has 1 aliphatic rings. The summed E-state index contributed by atoms with van der Waals surface area (Å²) >= 11 is 5.67. The second-order valence-electron chi connectivity index (χ2n) is 3.50. The summed E-state index contributed by atoms with van der Waals surface area (Å²) in [4.78, 5) is 15.2. The molecule has 0 aromatic heterocycles. The van der Waals surface area contributed by atoms with Gasteiger partial charge in [0.05, 0.1) is 6.04 Å². The van der Waals surface area contributed by atoms with Crippen LogP contribution in [0, 0.1) is 0 Å². The SMILES string of the molecule is C=C(Cl)CN(C)[C@@H]1CCN(C)C1=O. The smallest absolute Gasteiger partial charge is 0.239 e. The Bertz CT molecular complexity index is 230. The predicted molar refractivity (Wildman–Crippen MR) is 53.7 cm³/mol. The molecule has 4 heteroatoms. The summed E-state index contributed by atoms with van der Waals surface area (Å²) in [6.07, 6.45) is 0.885. The Kier molecular flexibility index (Phi) is 3.33. The Balaban J connectivity index is 2.53. The van der Waals surface area contributed by atoms with Crippen LogP contribution in [0.4, 0.5) is 0 Å². The van der Waals surface area contributed by atoms with Gasteiger partial charge >= 0.3 is 0 Å². The number of carbonyl (C=O) groups is 1. The lowest BCUT2D eigenvalue weighted by Crippen LogP contribution is -2.39. The molecule has 1 rings (SSSR count). The van der Waals surface area contributed by atoms with E-state index in [1.807, 2.05) is 19.0 Å². The minimum Gasteiger partial charge on any atom is -0.344 e. The Labute approximate surface area is 83.9 Å². The fraction of sp³-hybridized carbons (Fsp3) is 0.667. The normalized spacial score (nSPS) is 22.9. The van der Waals surface area contributed by atoms with Crippen molar-refractivity contribution in [2.24, 2.45) is 0 Å². The minimum absolute atomic E-state index is 0.0134. The van der Waals surface area contributed by atoms with Crippen molar-refractivity contribution in [3.8, 4) is 0 Å². The zero-order valence-electron chi connectivity index (χ0n) is 8.09. The van der Waals surface area contributed by atoms with Gasteiger partial charge in [-0.1, -0.05) is 18.2 Å². The van der Waals surface area contributed by atoms with Gasteiger partial charge < -0.3 is 4.90 Å². The van der Waals surface area contributed by atoms with Gasteiger partial charge in [0.1, 0.15) is 0 Å². The van der Waals surface area contributed by atoms with Gasteiger partial charge in [0.15, 0.2) is 0 Å². The van der Waals surface area contributed by atoms with Gasteiger partial charge in [0, 0.05) is 25.2 Å². The molecule has 0 bridgehead atoms. The van der Waals surface area contributed by atoms with E-state index >= 15 is 0 Å². The fourth-order valence-corrected chi connectivity index (χ4v) is 1.78. The molecule has 13 heavy (non-hydrogen) atoms. The molecule has 1 fully saturated rings. The van der Waals surface area contributed by atoms with Crippen LogP contribution < -0.4 is 0 Å². The Morgan fingerprint density at radius 2 is 2.46 bits per heavy atom. The summed E-state index contributed by atoms with van der Waals surface area (Å²) < 4.78 is 0. The van der Waals surface area contributed by atoms with Crippen LogP contribution in [0.2, 0.25) is 0 Å². The maximum absolute atomic E-state index is 11.5. The second kappa shape index (κ2) is 4.11.